The molecule has 2 aliphatic rings. The number of hydrogen-bond donors (Lipinski definition) is 1. The molecule has 0 unspecified atom stereocenters. The molecule has 1 fully saturated rings. The highest BCUT2D eigenvalue weighted by atomic mass is 16.7. The molecule has 0 aliphatic carbocycles. The van der Waals surface area contributed by atoms with E-state index in [-0.39, 0.29) is 18.8 Å². The smallest absolute Gasteiger partial charge is 0.414 e. The van der Waals surface area contributed by atoms with E-state index in [9.17, 15) is 9.59 Å². The highest BCUT2D eigenvalue weighted by molar-refractivity contribution is 5.92. The quantitative estimate of drug-likeness (QED) is 0.893. The van der Waals surface area contributed by atoms with Gasteiger partial charge < -0.3 is 19.5 Å². The average molecular weight is 354 g/mol. The Kier molecular flexibility index (Phi) is 4.35. The highest BCUT2D eigenvalue weighted by Crippen LogP contribution is 2.32. The molecule has 4 rings (SSSR count). The Morgan fingerprint density at radius 1 is 1.04 bits per heavy atom. The van der Waals surface area contributed by atoms with Crippen LogP contribution in [-0.4, -0.2) is 31.9 Å². The molecule has 0 saturated carbocycles. The van der Waals surface area contributed by atoms with Crippen LogP contribution in [-0.2, 0) is 16.0 Å². The summed E-state index contributed by atoms with van der Waals surface area (Å²) in [7, 11) is 0. The van der Waals surface area contributed by atoms with Crippen molar-refractivity contribution in [3.63, 3.8) is 0 Å². The van der Waals surface area contributed by atoms with E-state index in [2.05, 4.69) is 5.32 Å². The van der Waals surface area contributed by atoms with Gasteiger partial charge in [0.25, 0.3) is 0 Å². The number of hydrogen-bond acceptors (Lipinski definition) is 5. The molecule has 0 atom stereocenters. The second-order valence-electron chi connectivity index (χ2n) is 6.05. The Bertz CT molecular complexity index is 834. The lowest BCUT2D eigenvalue weighted by Crippen LogP contribution is -2.23. The average Bonchev–Trinajstić information content (AvgIpc) is 3.29. The molecule has 1 saturated heterocycles. The molecule has 1 N–H and O–H groups in total. The molecule has 2 aromatic carbocycles. The van der Waals surface area contributed by atoms with Crippen molar-refractivity contribution in [3.8, 4) is 11.5 Å². The van der Waals surface area contributed by atoms with Crippen LogP contribution in [0.25, 0.3) is 0 Å². The zero-order chi connectivity index (χ0) is 17.9. The normalized spacial score (nSPS) is 15.1. The van der Waals surface area contributed by atoms with Gasteiger partial charge in [0.15, 0.2) is 11.5 Å². The fourth-order valence-corrected chi connectivity index (χ4v) is 2.93. The van der Waals surface area contributed by atoms with Crippen LogP contribution in [0.5, 0.6) is 11.5 Å². The van der Waals surface area contributed by atoms with E-state index in [1.807, 2.05) is 18.2 Å². The number of carbonyl (C=O) groups excluding carboxylic acids is 2. The fraction of sp³-hybridized carbons (Fsp3) is 0.263. The van der Waals surface area contributed by atoms with Gasteiger partial charge in [-0.2, -0.15) is 0 Å². The number of ether oxygens (including phenoxy) is 3. The molecule has 0 radical (unpaired) electrons. The van der Waals surface area contributed by atoms with Gasteiger partial charge in [0.2, 0.25) is 12.7 Å². The molecule has 26 heavy (non-hydrogen) atoms. The van der Waals surface area contributed by atoms with Crippen molar-refractivity contribution in [2.45, 2.75) is 12.8 Å². The van der Waals surface area contributed by atoms with E-state index in [1.54, 1.807) is 29.2 Å². The summed E-state index contributed by atoms with van der Waals surface area (Å²) in [6.45, 7) is 1.18. The van der Waals surface area contributed by atoms with E-state index < -0.39 is 0 Å². The van der Waals surface area contributed by atoms with Crippen LogP contribution in [0.3, 0.4) is 0 Å². The number of aryl methyl sites for hydroxylation is 1. The Hall–Kier alpha value is -3.22. The summed E-state index contributed by atoms with van der Waals surface area (Å²) in [5.41, 5.74) is 2.47. The molecular formula is C19H18N2O5. The van der Waals surface area contributed by atoms with Crippen molar-refractivity contribution in [1.29, 1.82) is 0 Å². The zero-order valence-electron chi connectivity index (χ0n) is 14.1. The topological polar surface area (TPSA) is 77.1 Å². The molecule has 0 aromatic heterocycles. The van der Waals surface area contributed by atoms with E-state index in [0.29, 0.717) is 31.7 Å². The van der Waals surface area contributed by atoms with Crippen molar-refractivity contribution in [2.24, 2.45) is 0 Å². The van der Waals surface area contributed by atoms with Gasteiger partial charge >= 0.3 is 6.09 Å². The van der Waals surface area contributed by atoms with Crippen molar-refractivity contribution >= 4 is 23.4 Å². The summed E-state index contributed by atoms with van der Waals surface area (Å²) in [5.74, 6) is 1.38. The summed E-state index contributed by atoms with van der Waals surface area (Å²) in [6.07, 6.45) is 0.630. The number of fused-ring (bicyclic) bond motifs is 1. The molecule has 2 amide bonds. The molecule has 7 nitrogen and oxygen atoms in total. The number of anilines is 2. The van der Waals surface area contributed by atoms with Gasteiger partial charge in [0.1, 0.15) is 6.61 Å². The van der Waals surface area contributed by atoms with Gasteiger partial charge in [-0.3, -0.25) is 9.69 Å². The third kappa shape index (κ3) is 3.42. The van der Waals surface area contributed by atoms with Crippen LogP contribution in [0.1, 0.15) is 12.0 Å². The second kappa shape index (κ2) is 6.95. The molecule has 2 aromatic rings. The Balaban J connectivity index is 1.31. The summed E-state index contributed by atoms with van der Waals surface area (Å²) < 4.78 is 15.5. The third-order valence-electron chi connectivity index (χ3n) is 4.30. The van der Waals surface area contributed by atoms with Gasteiger partial charge in [-0.1, -0.05) is 6.07 Å². The number of nitrogens with one attached hydrogen (secondary N) is 1. The number of cyclic esters (lactones) is 1. The predicted octanol–water partition coefficient (Wildman–Crippen LogP) is 2.94. The number of carbonyl (C=O) groups is 2. The molecule has 7 heteroatoms. The standard InChI is InChI=1S/C19H18N2O5/c22-18(8-2-13-1-7-16-17(11-13)26-12-25-16)20-14-3-5-15(6-4-14)21-9-10-24-19(21)23/h1,3-7,11H,2,8-10,12H2,(H,20,22). The van der Waals surface area contributed by atoms with Crippen LogP contribution in [0.4, 0.5) is 16.2 Å². The minimum absolute atomic E-state index is 0.0731. The Morgan fingerprint density at radius 2 is 1.85 bits per heavy atom. The fourth-order valence-electron chi connectivity index (χ4n) is 2.93. The third-order valence-corrected chi connectivity index (χ3v) is 4.30. The lowest BCUT2D eigenvalue weighted by Gasteiger charge is -2.13. The van der Waals surface area contributed by atoms with Gasteiger partial charge in [0, 0.05) is 17.8 Å². The molecule has 2 aliphatic heterocycles. The maximum Gasteiger partial charge on any atom is 0.414 e. The van der Waals surface area contributed by atoms with E-state index >= 15 is 0 Å². The minimum atomic E-state index is -0.342. The highest BCUT2D eigenvalue weighted by Gasteiger charge is 2.23. The first kappa shape index (κ1) is 16.3. The SMILES string of the molecule is O=C(CCc1ccc2c(c1)OCO2)Nc1ccc(N2CCOC2=O)cc1. The van der Waals surface area contributed by atoms with Crippen LogP contribution >= 0.6 is 0 Å². The summed E-state index contributed by atoms with van der Waals surface area (Å²) >= 11 is 0. The Labute approximate surface area is 150 Å². The number of rotatable bonds is 5. The maximum absolute atomic E-state index is 12.2. The van der Waals surface area contributed by atoms with Crippen LogP contribution < -0.4 is 19.7 Å². The minimum Gasteiger partial charge on any atom is -0.454 e. The molecule has 0 bridgehead atoms. The van der Waals surface area contributed by atoms with Crippen molar-refractivity contribution in [1.82, 2.24) is 0 Å². The maximum atomic E-state index is 12.2. The largest absolute Gasteiger partial charge is 0.454 e. The van der Waals surface area contributed by atoms with Gasteiger partial charge in [-0.15, -0.1) is 0 Å². The van der Waals surface area contributed by atoms with Crippen molar-refractivity contribution in [2.75, 3.05) is 30.2 Å². The van der Waals surface area contributed by atoms with Gasteiger partial charge in [0.05, 0.1) is 6.54 Å². The summed E-state index contributed by atoms with van der Waals surface area (Å²) in [6, 6.07) is 12.8. The number of amides is 2. The van der Waals surface area contributed by atoms with Crippen LogP contribution in [0, 0.1) is 0 Å². The Morgan fingerprint density at radius 3 is 2.62 bits per heavy atom. The van der Waals surface area contributed by atoms with Gasteiger partial charge in [-0.05, 0) is 48.4 Å². The molecule has 0 spiro atoms. The van der Waals surface area contributed by atoms with E-state index in [4.69, 9.17) is 14.2 Å². The lowest BCUT2D eigenvalue weighted by atomic mass is 10.1. The molecule has 134 valence electrons. The second-order valence-corrected chi connectivity index (χ2v) is 6.05. The van der Waals surface area contributed by atoms with Crippen LogP contribution in [0.2, 0.25) is 0 Å². The van der Waals surface area contributed by atoms with Crippen molar-refractivity contribution < 1.29 is 23.8 Å². The number of nitrogens with zero attached hydrogens (tertiary/aromatic N) is 1. The number of benzene rings is 2. The van der Waals surface area contributed by atoms with E-state index in [1.165, 1.54) is 0 Å². The van der Waals surface area contributed by atoms with Gasteiger partial charge in [-0.25, -0.2) is 4.79 Å². The predicted molar refractivity (Wildman–Crippen MR) is 94.7 cm³/mol. The van der Waals surface area contributed by atoms with E-state index in [0.717, 1.165) is 22.7 Å². The first-order valence-electron chi connectivity index (χ1n) is 8.42. The van der Waals surface area contributed by atoms with Crippen LogP contribution in [0.15, 0.2) is 42.5 Å². The van der Waals surface area contributed by atoms with Crippen molar-refractivity contribution in [3.05, 3.63) is 48.0 Å². The first-order chi connectivity index (χ1) is 12.7. The zero-order valence-corrected chi connectivity index (χ0v) is 14.1. The first-order valence-corrected chi connectivity index (χ1v) is 8.42. The molecule has 2 heterocycles. The summed E-state index contributed by atoms with van der Waals surface area (Å²) in [4.78, 5) is 25.3. The lowest BCUT2D eigenvalue weighted by molar-refractivity contribution is -0.116. The monoisotopic (exact) mass is 354 g/mol. The molecular weight excluding hydrogens is 336 g/mol. The summed E-state index contributed by atoms with van der Waals surface area (Å²) in [5, 5.41) is 2.86.